The minimum Gasteiger partial charge on any atom is -0.466 e. The molecule has 2 N–H and O–H groups in total. The normalized spacial score (nSPS) is 16.4. The average molecular weight is 346 g/mol. The van der Waals surface area contributed by atoms with Gasteiger partial charge in [-0.3, -0.25) is 9.78 Å². The molecule has 0 aliphatic heterocycles. The first-order chi connectivity index (χ1) is 12.1. The van der Waals surface area contributed by atoms with Crippen molar-refractivity contribution in [2.45, 2.75) is 45.1 Å². The van der Waals surface area contributed by atoms with Gasteiger partial charge < -0.3 is 15.4 Å². The maximum atomic E-state index is 12.1. The molecule has 1 aliphatic rings. The van der Waals surface area contributed by atoms with Gasteiger partial charge in [0, 0.05) is 24.6 Å². The van der Waals surface area contributed by atoms with Crippen LogP contribution in [0.3, 0.4) is 0 Å². The Hall–Kier alpha value is -2.44. The van der Waals surface area contributed by atoms with E-state index in [0.717, 1.165) is 25.7 Å². The summed E-state index contributed by atoms with van der Waals surface area (Å²) in [5, 5.41) is 6.21. The van der Waals surface area contributed by atoms with Crippen LogP contribution in [0.15, 0.2) is 18.5 Å². The third kappa shape index (κ3) is 6.52. The fourth-order valence-electron chi connectivity index (χ4n) is 2.79. The molecule has 1 aliphatic carbocycles. The molecule has 7 nitrogen and oxygen atoms in total. The summed E-state index contributed by atoms with van der Waals surface area (Å²) in [6.07, 6.45) is 11.5. The van der Waals surface area contributed by atoms with Crippen molar-refractivity contribution < 1.29 is 14.3 Å². The second-order valence-corrected chi connectivity index (χ2v) is 6.31. The zero-order valence-electron chi connectivity index (χ0n) is 14.8. The summed E-state index contributed by atoms with van der Waals surface area (Å²) in [6, 6.07) is 0.0401. The number of amides is 1. The van der Waals surface area contributed by atoms with E-state index in [4.69, 9.17) is 0 Å². The lowest BCUT2D eigenvalue weighted by atomic mass is 9.88. The number of hydrogen-bond donors (Lipinski definition) is 2. The monoisotopic (exact) mass is 346 g/mol. The van der Waals surface area contributed by atoms with E-state index >= 15 is 0 Å². The van der Waals surface area contributed by atoms with Gasteiger partial charge in [-0.1, -0.05) is 19.3 Å². The van der Waals surface area contributed by atoms with Crippen molar-refractivity contribution in [3.8, 4) is 0 Å². The maximum Gasteiger partial charge on any atom is 0.330 e. The van der Waals surface area contributed by atoms with Crippen LogP contribution in [0.4, 0.5) is 5.82 Å². The van der Waals surface area contributed by atoms with Crippen molar-refractivity contribution in [2.75, 3.05) is 19.0 Å². The highest BCUT2D eigenvalue weighted by atomic mass is 16.5. The molecule has 1 fully saturated rings. The average Bonchev–Trinajstić information content (AvgIpc) is 2.66. The molecule has 1 amide bonds. The Morgan fingerprint density at radius 2 is 2.04 bits per heavy atom. The number of nitrogens with zero attached hydrogens (tertiary/aromatic N) is 2. The molecule has 1 aromatic heterocycles. The smallest absolute Gasteiger partial charge is 0.330 e. The van der Waals surface area contributed by atoms with Crippen molar-refractivity contribution in [3.63, 3.8) is 0 Å². The quantitative estimate of drug-likeness (QED) is 0.580. The minimum atomic E-state index is -0.439. The third-order valence-corrected chi connectivity index (χ3v) is 4.22. The van der Waals surface area contributed by atoms with E-state index in [0.29, 0.717) is 18.1 Å². The summed E-state index contributed by atoms with van der Waals surface area (Å²) < 4.78 is 4.52. The van der Waals surface area contributed by atoms with Crippen molar-refractivity contribution in [1.82, 2.24) is 15.3 Å². The van der Waals surface area contributed by atoms with Gasteiger partial charge in [0.2, 0.25) is 5.91 Å². The molecule has 136 valence electrons. The molecule has 1 heterocycles. The molecule has 1 saturated carbocycles. The molecule has 0 aromatic carbocycles. The number of aromatic nitrogens is 2. The minimum absolute atomic E-state index is 0.0401. The number of ether oxygens (including phenoxy) is 1. The lowest BCUT2D eigenvalue weighted by Crippen LogP contribution is -2.38. The van der Waals surface area contributed by atoms with Crippen LogP contribution < -0.4 is 10.6 Å². The van der Waals surface area contributed by atoms with Gasteiger partial charge in [0.15, 0.2) is 0 Å². The van der Waals surface area contributed by atoms with Gasteiger partial charge in [-0.25, -0.2) is 9.78 Å². The maximum absolute atomic E-state index is 12.1. The summed E-state index contributed by atoms with van der Waals surface area (Å²) in [5.74, 6) is 0.505. The van der Waals surface area contributed by atoms with Crippen LogP contribution in [0.5, 0.6) is 0 Å². The van der Waals surface area contributed by atoms with Gasteiger partial charge >= 0.3 is 5.97 Å². The molecular formula is C18H26N4O3. The number of hydrogen-bond acceptors (Lipinski definition) is 6. The van der Waals surface area contributed by atoms with Gasteiger partial charge in [0.05, 0.1) is 25.2 Å². The number of nitrogens with one attached hydrogen (secondary N) is 2. The summed E-state index contributed by atoms with van der Waals surface area (Å²) in [4.78, 5) is 31.6. The number of carbonyl (C=O) groups excluding carboxylic acids is 2. The van der Waals surface area contributed by atoms with E-state index in [9.17, 15) is 9.59 Å². The van der Waals surface area contributed by atoms with Crippen LogP contribution in [0.2, 0.25) is 0 Å². The van der Waals surface area contributed by atoms with E-state index < -0.39 is 5.97 Å². The summed E-state index contributed by atoms with van der Waals surface area (Å²) in [6.45, 7) is 2.52. The predicted molar refractivity (Wildman–Crippen MR) is 95.8 cm³/mol. The highest BCUT2D eigenvalue weighted by molar-refractivity contribution is 5.86. The van der Waals surface area contributed by atoms with E-state index in [2.05, 4.69) is 25.3 Å². The molecule has 7 heteroatoms. The fourth-order valence-corrected chi connectivity index (χ4v) is 2.79. The Bertz CT molecular complexity index is 595. The van der Waals surface area contributed by atoms with Crippen LogP contribution in [-0.2, 0) is 14.3 Å². The van der Waals surface area contributed by atoms with Crippen LogP contribution >= 0.6 is 0 Å². The molecule has 25 heavy (non-hydrogen) atoms. The Balaban J connectivity index is 1.76. The van der Waals surface area contributed by atoms with Crippen molar-refractivity contribution in [3.05, 3.63) is 24.2 Å². The first kappa shape index (κ1) is 18.9. The van der Waals surface area contributed by atoms with Crippen LogP contribution in [0.25, 0.3) is 6.08 Å². The first-order valence-electron chi connectivity index (χ1n) is 8.71. The van der Waals surface area contributed by atoms with Gasteiger partial charge in [0.1, 0.15) is 5.82 Å². The summed E-state index contributed by atoms with van der Waals surface area (Å²) in [5.41, 5.74) is 0.564. The Morgan fingerprint density at radius 1 is 1.28 bits per heavy atom. The molecule has 0 saturated heterocycles. The molecule has 2 rings (SSSR count). The van der Waals surface area contributed by atoms with Crippen molar-refractivity contribution in [2.24, 2.45) is 5.92 Å². The van der Waals surface area contributed by atoms with Gasteiger partial charge in [-0.05, 0) is 25.8 Å². The molecule has 0 bridgehead atoms. The number of rotatable bonds is 7. The molecule has 1 atom stereocenters. The number of methoxy groups -OCH3 is 1. The number of esters is 1. The topological polar surface area (TPSA) is 93.2 Å². The highest BCUT2D eigenvalue weighted by Gasteiger charge is 2.21. The zero-order chi connectivity index (χ0) is 18.1. The zero-order valence-corrected chi connectivity index (χ0v) is 14.8. The second kappa shape index (κ2) is 9.76. The van der Waals surface area contributed by atoms with E-state index in [1.165, 1.54) is 25.7 Å². The van der Waals surface area contributed by atoms with E-state index in [1.807, 2.05) is 6.92 Å². The lowest BCUT2D eigenvalue weighted by Gasteiger charge is -2.22. The summed E-state index contributed by atoms with van der Waals surface area (Å²) in [7, 11) is 1.32. The molecular weight excluding hydrogens is 320 g/mol. The summed E-state index contributed by atoms with van der Waals surface area (Å²) >= 11 is 0. The molecule has 1 aromatic rings. The largest absolute Gasteiger partial charge is 0.466 e. The SMILES string of the molecule is COC(=O)/C=C/c1cnc(N[C@H](C)CNC(=O)C2CCCCC2)cn1. The molecule has 0 unspecified atom stereocenters. The van der Waals surface area contributed by atoms with Crippen LogP contribution in [-0.4, -0.2) is 41.5 Å². The fraction of sp³-hybridized carbons (Fsp3) is 0.556. The van der Waals surface area contributed by atoms with Gasteiger partial charge in [0.25, 0.3) is 0 Å². The number of carbonyl (C=O) groups is 2. The molecule has 0 spiro atoms. The van der Waals surface area contributed by atoms with Crippen LogP contribution in [0.1, 0.15) is 44.7 Å². The van der Waals surface area contributed by atoms with Gasteiger partial charge in [-0.2, -0.15) is 0 Å². The van der Waals surface area contributed by atoms with Crippen LogP contribution in [0, 0.1) is 5.92 Å². The van der Waals surface area contributed by atoms with Gasteiger partial charge in [-0.15, -0.1) is 0 Å². The standard InChI is InChI=1S/C18H26N4O3/c1-13(10-21-18(24)14-6-4-3-5-7-14)22-16-12-19-15(11-20-16)8-9-17(23)25-2/h8-9,11-14H,3-7,10H2,1-2H3,(H,20,22)(H,21,24)/b9-8+/t13-/m1/s1. The second-order valence-electron chi connectivity index (χ2n) is 6.31. The third-order valence-electron chi connectivity index (χ3n) is 4.22. The predicted octanol–water partition coefficient (Wildman–Crippen LogP) is 2.16. The van der Waals surface area contributed by atoms with Crippen molar-refractivity contribution >= 4 is 23.8 Å². The number of anilines is 1. The van der Waals surface area contributed by atoms with E-state index in [1.54, 1.807) is 12.4 Å². The molecule has 0 radical (unpaired) electrons. The van der Waals surface area contributed by atoms with Crippen molar-refractivity contribution in [1.29, 1.82) is 0 Å². The Kier molecular flexibility index (Phi) is 7.37. The highest BCUT2D eigenvalue weighted by Crippen LogP contribution is 2.23. The van der Waals surface area contributed by atoms with E-state index in [-0.39, 0.29) is 17.9 Å². The Labute approximate surface area is 148 Å². The Morgan fingerprint density at radius 3 is 2.68 bits per heavy atom. The first-order valence-corrected chi connectivity index (χ1v) is 8.71. The lowest BCUT2D eigenvalue weighted by molar-refractivity contribution is -0.134.